The van der Waals surface area contributed by atoms with Crippen molar-refractivity contribution in [2.75, 3.05) is 32.1 Å². The van der Waals surface area contributed by atoms with Crippen molar-refractivity contribution in [3.8, 4) is 5.75 Å². The first-order valence-corrected chi connectivity index (χ1v) is 12.2. The molecular formula is C30H32N2O4. The highest BCUT2D eigenvalue weighted by molar-refractivity contribution is 6.46. The van der Waals surface area contributed by atoms with Crippen molar-refractivity contribution in [1.82, 2.24) is 4.90 Å². The third-order valence-corrected chi connectivity index (χ3v) is 6.33. The minimum atomic E-state index is -0.690. The largest absolute Gasteiger partial charge is 0.507 e. The Labute approximate surface area is 212 Å². The standard InChI is InChI=1S/C30H32N2O4/c1-4-19-36-25-12-8-11-23(20-25)28(33)26-27(22-13-15-24(16-14-22)31(2)3)32(30(35)29(26)34)18-17-21-9-6-5-7-10-21/h5-16,20,27,33H,4,17-19H2,1-3H3. The summed E-state index contributed by atoms with van der Waals surface area (Å²) in [5, 5.41) is 11.4. The highest BCUT2D eigenvalue weighted by Crippen LogP contribution is 2.40. The molecule has 0 aromatic heterocycles. The van der Waals surface area contributed by atoms with E-state index in [9.17, 15) is 14.7 Å². The van der Waals surface area contributed by atoms with Crippen LogP contribution in [0.5, 0.6) is 5.75 Å². The van der Waals surface area contributed by atoms with Gasteiger partial charge in [0.05, 0.1) is 18.2 Å². The van der Waals surface area contributed by atoms with E-state index in [4.69, 9.17) is 4.74 Å². The minimum Gasteiger partial charge on any atom is -0.507 e. The Kier molecular flexibility index (Phi) is 7.74. The van der Waals surface area contributed by atoms with Crippen LogP contribution in [-0.2, 0) is 16.0 Å². The summed E-state index contributed by atoms with van der Waals surface area (Å²) in [5.41, 5.74) is 3.38. The number of carbonyl (C=O) groups excluding carboxylic acids is 2. The number of nitrogens with zero attached hydrogens (tertiary/aromatic N) is 2. The Hall–Kier alpha value is -4.06. The van der Waals surface area contributed by atoms with Crippen LogP contribution >= 0.6 is 0 Å². The molecule has 0 spiro atoms. The van der Waals surface area contributed by atoms with Crippen molar-refractivity contribution >= 4 is 23.1 Å². The molecule has 0 saturated carbocycles. The fourth-order valence-electron chi connectivity index (χ4n) is 4.41. The number of Topliss-reactive ketones (excluding diaryl/α,β-unsaturated/α-hetero) is 1. The topological polar surface area (TPSA) is 70.1 Å². The van der Waals surface area contributed by atoms with Gasteiger partial charge in [0.2, 0.25) is 0 Å². The molecule has 0 aliphatic carbocycles. The minimum absolute atomic E-state index is 0.0957. The molecule has 0 bridgehead atoms. The van der Waals surface area contributed by atoms with Gasteiger partial charge < -0.3 is 19.6 Å². The lowest BCUT2D eigenvalue weighted by Gasteiger charge is -2.26. The maximum absolute atomic E-state index is 13.3. The highest BCUT2D eigenvalue weighted by Gasteiger charge is 2.45. The summed E-state index contributed by atoms with van der Waals surface area (Å²) < 4.78 is 5.71. The van der Waals surface area contributed by atoms with Gasteiger partial charge in [-0.25, -0.2) is 0 Å². The van der Waals surface area contributed by atoms with Crippen molar-refractivity contribution in [3.05, 3.63) is 101 Å². The zero-order chi connectivity index (χ0) is 25.7. The van der Waals surface area contributed by atoms with Crippen LogP contribution in [0.15, 0.2) is 84.4 Å². The summed E-state index contributed by atoms with van der Waals surface area (Å²) in [6, 6.07) is 23.9. The molecule has 1 saturated heterocycles. The molecule has 3 aromatic rings. The number of aliphatic hydroxyl groups excluding tert-OH is 1. The fraction of sp³-hybridized carbons (Fsp3) is 0.267. The number of carbonyl (C=O) groups is 2. The molecule has 1 fully saturated rings. The van der Waals surface area contributed by atoms with Crippen LogP contribution in [0.2, 0.25) is 0 Å². The number of amides is 1. The summed E-state index contributed by atoms with van der Waals surface area (Å²) in [4.78, 5) is 30.1. The molecule has 1 aliphatic rings. The van der Waals surface area contributed by atoms with E-state index in [2.05, 4.69) is 0 Å². The third kappa shape index (κ3) is 5.28. The van der Waals surface area contributed by atoms with Crippen LogP contribution in [0.3, 0.4) is 0 Å². The summed E-state index contributed by atoms with van der Waals surface area (Å²) in [5.74, 6) is -0.875. The van der Waals surface area contributed by atoms with E-state index in [1.807, 2.05) is 86.6 Å². The first-order chi connectivity index (χ1) is 17.4. The van der Waals surface area contributed by atoms with Crippen LogP contribution in [0.1, 0.15) is 36.1 Å². The number of hydrogen-bond donors (Lipinski definition) is 1. The van der Waals surface area contributed by atoms with Crippen LogP contribution in [0.4, 0.5) is 5.69 Å². The fourth-order valence-corrected chi connectivity index (χ4v) is 4.41. The van der Waals surface area contributed by atoms with Crippen LogP contribution in [0, 0.1) is 0 Å². The van der Waals surface area contributed by atoms with Gasteiger partial charge in [-0.2, -0.15) is 0 Å². The van der Waals surface area contributed by atoms with Gasteiger partial charge in [0.1, 0.15) is 11.5 Å². The Balaban J connectivity index is 1.76. The lowest BCUT2D eigenvalue weighted by molar-refractivity contribution is -0.139. The summed E-state index contributed by atoms with van der Waals surface area (Å²) >= 11 is 0. The van der Waals surface area contributed by atoms with Gasteiger partial charge >= 0.3 is 0 Å². The van der Waals surface area contributed by atoms with Crippen molar-refractivity contribution in [2.45, 2.75) is 25.8 Å². The van der Waals surface area contributed by atoms with Gasteiger partial charge in [0.25, 0.3) is 11.7 Å². The van der Waals surface area contributed by atoms with Crippen LogP contribution in [0.25, 0.3) is 5.76 Å². The van der Waals surface area contributed by atoms with Gasteiger partial charge in [-0.05, 0) is 48.2 Å². The number of likely N-dealkylation sites (tertiary alicyclic amines) is 1. The van der Waals surface area contributed by atoms with Gasteiger partial charge in [-0.3, -0.25) is 9.59 Å². The number of aliphatic hydroxyl groups is 1. The molecule has 3 aromatic carbocycles. The predicted molar refractivity (Wildman–Crippen MR) is 142 cm³/mol. The molecule has 1 unspecified atom stereocenters. The Morgan fingerprint density at radius 3 is 2.36 bits per heavy atom. The first kappa shape index (κ1) is 25.0. The zero-order valence-corrected chi connectivity index (χ0v) is 21.0. The van der Waals surface area contributed by atoms with E-state index >= 15 is 0 Å². The number of anilines is 1. The van der Waals surface area contributed by atoms with Gasteiger partial charge in [0, 0.05) is 31.9 Å². The molecule has 186 valence electrons. The van der Waals surface area contributed by atoms with Crippen molar-refractivity contribution in [3.63, 3.8) is 0 Å². The van der Waals surface area contributed by atoms with Crippen molar-refractivity contribution in [1.29, 1.82) is 0 Å². The number of ether oxygens (including phenoxy) is 1. The lowest BCUT2D eigenvalue weighted by Crippen LogP contribution is -2.31. The van der Waals surface area contributed by atoms with E-state index in [1.54, 1.807) is 23.1 Å². The number of benzene rings is 3. The van der Waals surface area contributed by atoms with E-state index in [1.165, 1.54) is 0 Å². The molecule has 6 heteroatoms. The summed E-state index contributed by atoms with van der Waals surface area (Å²) in [7, 11) is 3.91. The maximum Gasteiger partial charge on any atom is 0.295 e. The molecule has 1 amide bonds. The average molecular weight is 485 g/mol. The zero-order valence-electron chi connectivity index (χ0n) is 21.0. The summed E-state index contributed by atoms with van der Waals surface area (Å²) in [6.45, 7) is 2.92. The second-order valence-electron chi connectivity index (χ2n) is 9.09. The highest BCUT2D eigenvalue weighted by atomic mass is 16.5. The van der Waals surface area contributed by atoms with Crippen LogP contribution in [-0.4, -0.2) is 48.9 Å². The monoisotopic (exact) mass is 484 g/mol. The molecule has 6 nitrogen and oxygen atoms in total. The molecular weight excluding hydrogens is 452 g/mol. The molecule has 4 rings (SSSR count). The molecule has 36 heavy (non-hydrogen) atoms. The van der Waals surface area contributed by atoms with E-state index in [-0.39, 0.29) is 11.3 Å². The predicted octanol–water partition coefficient (Wildman–Crippen LogP) is 5.21. The SMILES string of the molecule is CCCOc1cccc(C(O)=C2C(=O)C(=O)N(CCc3ccccc3)C2c2ccc(N(C)C)cc2)c1. The quantitative estimate of drug-likeness (QED) is 0.257. The number of ketones is 1. The maximum atomic E-state index is 13.3. The first-order valence-electron chi connectivity index (χ1n) is 12.2. The Bertz CT molecular complexity index is 1250. The summed E-state index contributed by atoms with van der Waals surface area (Å²) in [6.07, 6.45) is 1.45. The lowest BCUT2D eigenvalue weighted by atomic mass is 9.95. The van der Waals surface area contributed by atoms with Gasteiger partial charge in [0.15, 0.2) is 0 Å². The molecule has 1 aliphatic heterocycles. The molecule has 1 heterocycles. The van der Waals surface area contributed by atoms with E-state index in [0.29, 0.717) is 30.9 Å². The number of hydrogen-bond acceptors (Lipinski definition) is 5. The smallest absolute Gasteiger partial charge is 0.295 e. The van der Waals surface area contributed by atoms with Crippen molar-refractivity contribution < 1.29 is 19.4 Å². The van der Waals surface area contributed by atoms with Gasteiger partial charge in [-0.1, -0.05) is 61.5 Å². The molecule has 0 radical (unpaired) electrons. The molecule has 1 N–H and O–H groups in total. The van der Waals surface area contributed by atoms with E-state index < -0.39 is 17.7 Å². The van der Waals surface area contributed by atoms with E-state index in [0.717, 1.165) is 23.2 Å². The second-order valence-corrected chi connectivity index (χ2v) is 9.09. The normalized spacial score (nSPS) is 16.9. The third-order valence-electron chi connectivity index (χ3n) is 6.33. The van der Waals surface area contributed by atoms with Gasteiger partial charge in [-0.15, -0.1) is 0 Å². The number of rotatable bonds is 9. The second kappa shape index (κ2) is 11.1. The molecule has 1 atom stereocenters. The van der Waals surface area contributed by atoms with Crippen molar-refractivity contribution in [2.24, 2.45) is 0 Å². The average Bonchev–Trinajstić information content (AvgIpc) is 3.16. The Morgan fingerprint density at radius 2 is 1.69 bits per heavy atom. The Morgan fingerprint density at radius 1 is 0.972 bits per heavy atom. The van der Waals surface area contributed by atoms with Crippen LogP contribution < -0.4 is 9.64 Å².